The van der Waals surface area contributed by atoms with Crippen LogP contribution in [0.25, 0.3) is 11.4 Å². The first-order chi connectivity index (χ1) is 22.3. The summed E-state index contributed by atoms with van der Waals surface area (Å²) in [6, 6.07) is 17.3. The van der Waals surface area contributed by atoms with Crippen LogP contribution in [0.15, 0.2) is 48.5 Å². The number of halogens is 3. The molecule has 0 spiro atoms. The largest absolute Gasteiger partial charge is 0.493 e. The number of methoxy groups -OCH3 is 2. The van der Waals surface area contributed by atoms with Crippen molar-refractivity contribution in [1.82, 2.24) is 29.9 Å². The molecule has 47 heavy (non-hydrogen) atoms. The lowest BCUT2D eigenvalue weighted by Gasteiger charge is -2.33. The molecule has 0 radical (unpaired) electrons. The standard InChI is InChI=1S/C15H21BO2.C14H14ClN3O.C4H3Cl2N3O/c1-14(2)10-17-16(18-11-14)13-6-4-5-12(9-13)15(3)7-8-15;1-14(6-7-14)10-5-3-4-9(8-10)11-16-12(15)18-13(17-11)19-2;1-10-4-8-2(5)7-3(6)9-4/h4-6,9H,7-8,10-11H2,1-3H3;3-5,8H,6-7H2,1-2H3;1H3. The molecular weight excluding hydrogens is 662 g/mol. The Bertz CT molecular complexity index is 1680. The van der Waals surface area contributed by atoms with Crippen LogP contribution in [0.2, 0.25) is 15.9 Å². The zero-order valence-corrected chi connectivity index (χ0v) is 29.7. The Morgan fingerprint density at radius 1 is 0.638 bits per heavy atom. The molecular formula is C33H38BCl3N6O4. The molecule has 0 atom stereocenters. The van der Waals surface area contributed by atoms with Gasteiger partial charge in [0.2, 0.25) is 15.9 Å². The summed E-state index contributed by atoms with van der Waals surface area (Å²) < 4.78 is 21.4. The fourth-order valence-corrected chi connectivity index (χ4v) is 5.38. The SMILES string of the molecule is CC1(C)COB(c2cccc(C3(C)CC3)c2)OC1.COc1nc(Cl)nc(-c2cccc(C3(C)CC3)c2)n1.COc1nc(Cl)nc(Cl)n1. The summed E-state index contributed by atoms with van der Waals surface area (Å²) in [6.07, 6.45) is 5.07. The maximum absolute atomic E-state index is 5.88. The molecule has 3 fully saturated rings. The summed E-state index contributed by atoms with van der Waals surface area (Å²) in [5.41, 5.74) is 5.71. The number of hydrogen-bond donors (Lipinski definition) is 0. The highest BCUT2D eigenvalue weighted by atomic mass is 35.5. The normalized spacial score (nSPS) is 18.1. The average molecular weight is 700 g/mol. The van der Waals surface area contributed by atoms with Crippen LogP contribution >= 0.6 is 34.8 Å². The van der Waals surface area contributed by atoms with Crippen LogP contribution in [0.5, 0.6) is 12.0 Å². The minimum atomic E-state index is -0.180. The van der Waals surface area contributed by atoms with E-state index in [0.29, 0.717) is 16.7 Å². The second-order valence-corrected chi connectivity index (χ2v) is 14.2. The van der Waals surface area contributed by atoms with Gasteiger partial charge in [0.25, 0.3) is 0 Å². The highest BCUT2D eigenvalue weighted by Gasteiger charge is 2.40. The maximum atomic E-state index is 5.88. The second-order valence-electron chi connectivity index (χ2n) is 13.2. The Morgan fingerprint density at radius 3 is 1.66 bits per heavy atom. The Labute approximate surface area is 291 Å². The number of ether oxygens (including phenoxy) is 2. The van der Waals surface area contributed by atoms with E-state index in [0.717, 1.165) is 24.2 Å². The van der Waals surface area contributed by atoms with Crippen molar-refractivity contribution < 1.29 is 18.8 Å². The summed E-state index contributed by atoms with van der Waals surface area (Å²) in [5.74, 6) is 0.544. The number of nitrogens with zero attached hydrogens (tertiary/aromatic N) is 6. The van der Waals surface area contributed by atoms with Crippen molar-refractivity contribution in [2.75, 3.05) is 27.4 Å². The Balaban J connectivity index is 0.000000145. The third-order valence-corrected chi connectivity index (χ3v) is 8.94. The van der Waals surface area contributed by atoms with Crippen LogP contribution in [0.3, 0.4) is 0 Å². The zero-order valence-electron chi connectivity index (χ0n) is 27.4. The molecule has 4 aromatic rings. The fourth-order valence-electron chi connectivity index (χ4n) is 4.88. The van der Waals surface area contributed by atoms with Crippen molar-refractivity contribution in [3.63, 3.8) is 0 Å². The van der Waals surface area contributed by atoms with Crippen molar-refractivity contribution in [1.29, 1.82) is 0 Å². The lowest BCUT2D eigenvalue weighted by molar-refractivity contribution is 0.0343. The zero-order chi connectivity index (χ0) is 33.8. The number of rotatable bonds is 6. The predicted octanol–water partition coefficient (Wildman–Crippen LogP) is 6.95. The van der Waals surface area contributed by atoms with E-state index >= 15 is 0 Å². The quantitative estimate of drug-likeness (QED) is 0.196. The molecule has 2 aromatic heterocycles. The number of aromatic nitrogens is 6. The van der Waals surface area contributed by atoms with Crippen LogP contribution in [0.1, 0.15) is 64.5 Å². The molecule has 2 aromatic carbocycles. The predicted molar refractivity (Wildman–Crippen MR) is 184 cm³/mol. The smallest absolute Gasteiger partial charge is 0.467 e. The second kappa shape index (κ2) is 14.6. The van der Waals surface area contributed by atoms with Gasteiger partial charge in [0.05, 0.1) is 14.2 Å². The van der Waals surface area contributed by atoms with Crippen molar-refractivity contribution in [2.45, 2.75) is 64.2 Å². The first kappa shape index (κ1) is 35.2. The van der Waals surface area contributed by atoms with Gasteiger partial charge in [-0.15, -0.1) is 0 Å². The van der Waals surface area contributed by atoms with Crippen molar-refractivity contribution in [2.24, 2.45) is 5.41 Å². The van der Waals surface area contributed by atoms with E-state index in [2.05, 4.69) is 98.7 Å². The van der Waals surface area contributed by atoms with Crippen LogP contribution in [0, 0.1) is 5.41 Å². The van der Waals surface area contributed by atoms with Crippen molar-refractivity contribution in [3.8, 4) is 23.4 Å². The highest BCUT2D eigenvalue weighted by Crippen LogP contribution is 2.48. The van der Waals surface area contributed by atoms with Gasteiger partial charge in [-0.3, -0.25) is 0 Å². The Kier molecular flexibility index (Phi) is 10.9. The number of benzene rings is 2. The molecule has 3 aliphatic rings. The Morgan fingerprint density at radius 2 is 1.13 bits per heavy atom. The van der Waals surface area contributed by atoms with Gasteiger partial charge < -0.3 is 18.8 Å². The van der Waals surface area contributed by atoms with E-state index in [1.807, 2.05) is 12.1 Å². The van der Waals surface area contributed by atoms with E-state index < -0.39 is 0 Å². The fraction of sp³-hybridized carbons (Fsp3) is 0.455. The maximum Gasteiger partial charge on any atom is 0.493 e. The van der Waals surface area contributed by atoms with Gasteiger partial charge >= 0.3 is 19.1 Å². The molecule has 2 saturated carbocycles. The first-order valence-corrected chi connectivity index (χ1v) is 16.5. The molecule has 2 aliphatic carbocycles. The molecule has 0 N–H and O–H groups in total. The molecule has 248 valence electrons. The molecule has 10 nitrogen and oxygen atoms in total. The van der Waals surface area contributed by atoms with E-state index in [1.54, 1.807) is 0 Å². The molecule has 0 unspecified atom stereocenters. The van der Waals surface area contributed by atoms with Crippen LogP contribution in [0.4, 0.5) is 0 Å². The minimum Gasteiger partial charge on any atom is -0.467 e. The molecule has 0 bridgehead atoms. The number of hydrogen-bond acceptors (Lipinski definition) is 10. The monoisotopic (exact) mass is 698 g/mol. The van der Waals surface area contributed by atoms with Gasteiger partial charge in [-0.1, -0.05) is 70.2 Å². The molecule has 1 aliphatic heterocycles. The lowest BCUT2D eigenvalue weighted by atomic mass is 9.74. The third kappa shape index (κ3) is 9.51. The van der Waals surface area contributed by atoms with Gasteiger partial charge in [0, 0.05) is 24.2 Å². The summed E-state index contributed by atoms with van der Waals surface area (Å²) in [6.45, 7) is 10.5. The van der Waals surface area contributed by atoms with Crippen LogP contribution in [-0.4, -0.2) is 64.5 Å². The van der Waals surface area contributed by atoms with Crippen LogP contribution < -0.4 is 14.9 Å². The molecule has 1 saturated heterocycles. The van der Waals surface area contributed by atoms with Gasteiger partial charge in [-0.25, -0.2) is 0 Å². The van der Waals surface area contributed by atoms with Crippen molar-refractivity contribution in [3.05, 3.63) is 75.5 Å². The van der Waals surface area contributed by atoms with Gasteiger partial charge in [-0.05, 0) is 94.0 Å². The van der Waals surface area contributed by atoms with E-state index in [9.17, 15) is 0 Å². The van der Waals surface area contributed by atoms with Gasteiger partial charge in [0.1, 0.15) is 0 Å². The van der Waals surface area contributed by atoms with Gasteiger partial charge in [-0.2, -0.15) is 29.9 Å². The molecule has 14 heteroatoms. The van der Waals surface area contributed by atoms with Crippen LogP contribution in [-0.2, 0) is 20.1 Å². The summed E-state index contributed by atoms with van der Waals surface area (Å²) in [5, 5.41) is 0.193. The highest BCUT2D eigenvalue weighted by molar-refractivity contribution is 6.61. The minimum absolute atomic E-state index is 0.0249. The third-order valence-electron chi connectivity index (χ3n) is 8.44. The average Bonchev–Trinajstić information content (AvgIpc) is 3.99. The van der Waals surface area contributed by atoms with E-state index in [-0.39, 0.29) is 40.4 Å². The Hall–Kier alpha value is -3.09. The van der Waals surface area contributed by atoms with E-state index in [1.165, 1.54) is 51.0 Å². The molecule has 3 heterocycles. The van der Waals surface area contributed by atoms with E-state index in [4.69, 9.17) is 48.8 Å². The first-order valence-electron chi connectivity index (χ1n) is 15.3. The topological polar surface area (TPSA) is 114 Å². The van der Waals surface area contributed by atoms with Crippen molar-refractivity contribution >= 4 is 47.4 Å². The van der Waals surface area contributed by atoms with Gasteiger partial charge in [0.15, 0.2) is 5.82 Å². The summed E-state index contributed by atoms with van der Waals surface area (Å²) in [7, 11) is 2.75. The summed E-state index contributed by atoms with van der Waals surface area (Å²) >= 11 is 16.7. The summed E-state index contributed by atoms with van der Waals surface area (Å²) in [4.78, 5) is 23.0. The lowest BCUT2D eigenvalue weighted by Crippen LogP contribution is -2.47. The molecule has 7 rings (SSSR count). The molecule has 0 amide bonds.